The van der Waals surface area contributed by atoms with Crippen molar-refractivity contribution in [3.63, 3.8) is 0 Å². The molecular weight excluding hydrogens is 220 g/mol. The molecule has 0 spiro atoms. The smallest absolute Gasteiger partial charge is 0.258 e. The number of aromatic nitrogens is 3. The first-order valence-electron chi connectivity index (χ1n) is 5.30. The molecule has 0 N–H and O–H groups in total. The van der Waals surface area contributed by atoms with Crippen molar-refractivity contribution in [2.45, 2.75) is 20.8 Å². The molecule has 0 saturated carbocycles. The van der Waals surface area contributed by atoms with E-state index in [4.69, 9.17) is 0 Å². The van der Waals surface area contributed by atoms with Crippen molar-refractivity contribution in [3.05, 3.63) is 46.3 Å². The number of hydrogen-bond acceptors (Lipinski definition) is 4. The highest BCUT2D eigenvalue weighted by Crippen LogP contribution is 2.22. The molecule has 0 fully saturated rings. The Labute approximate surface area is 99.0 Å². The number of rotatable bonds is 2. The van der Waals surface area contributed by atoms with Crippen LogP contribution in [-0.4, -0.2) is 19.9 Å². The van der Waals surface area contributed by atoms with Crippen LogP contribution in [0.3, 0.4) is 0 Å². The second-order valence-corrected chi connectivity index (χ2v) is 3.07. The molecule has 0 aliphatic heterocycles. The molecule has 0 atom stereocenters. The highest BCUT2D eigenvalue weighted by Gasteiger charge is 2.15. The summed E-state index contributed by atoms with van der Waals surface area (Å²) in [4.78, 5) is 11.6. The maximum atomic E-state index is 10.8. The molecule has 90 valence electrons. The normalized spacial score (nSPS) is 9.35. The van der Waals surface area contributed by atoms with Crippen LogP contribution in [-0.2, 0) is 0 Å². The van der Waals surface area contributed by atoms with Crippen molar-refractivity contribution >= 4 is 5.69 Å². The highest BCUT2D eigenvalue weighted by atomic mass is 16.6. The molecule has 0 bridgehead atoms. The topological polar surface area (TPSA) is 73.8 Å². The zero-order valence-electron chi connectivity index (χ0n) is 9.99. The quantitative estimate of drug-likeness (QED) is 0.591. The van der Waals surface area contributed by atoms with E-state index in [2.05, 4.69) is 10.2 Å². The Balaban J connectivity index is 0.000000686. The first-order chi connectivity index (χ1) is 8.18. The lowest BCUT2D eigenvalue weighted by molar-refractivity contribution is -0.384. The van der Waals surface area contributed by atoms with Crippen LogP contribution >= 0.6 is 0 Å². The van der Waals surface area contributed by atoms with E-state index in [0.717, 1.165) is 5.56 Å². The van der Waals surface area contributed by atoms with Crippen LogP contribution in [0.2, 0.25) is 0 Å². The number of hydrogen-bond donors (Lipinski definition) is 0. The summed E-state index contributed by atoms with van der Waals surface area (Å²) in [5.74, 6) is 0. The van der Waals surface area contributed by atoms with Gasteiger partial charge in [-0.25, -0.2) is 0 Å². The Morgan fingerprint density at radius 2 is 1.82 bits per heavy atom. The molecule has 6 nitrogen and oxygen atoms in total. The lowest BCUT2D eigenvalue weighted by Crippen LogP contribution is -2.03. The lowest BCUT2D eigenvalue weighted by Gasteiger charge is -2.02. The van der Waals surface area contributed by atoms with Gasteiger partial charge in [-0.1, -0.05) is 19.9 Å². The van der Waals surface area contributed by atoms with Crippen molar-refractivity contribution in [2.75, 3.05) is 0 Å². The third-order valence-electron chi connectivity index (χ3n) is 1.96. The van der Waals surface area contributed by atoms with Gasteiger partial charge in [0.1, 0.15) is 0 Å². The lowest BCUT2D eigenvalue weighted by atomic mass is 10.2. The molecular formula is C11H14N4O2. The third kappa shape index (κ3) is 2.87. The second-order valence-electron chi connectivity index (χ2n) is 3.07. The number of nitrogens with zero attached hydrogens (tertiary/aromatic N) is 4. The molecule has 17 heavy (non-hydrogen) atoms. The largest absolute Gasteiger partial charge is 0.296 e. The molecule has 6 heteroatoms. The highest BCUT2D eigenvalue weighted by molar-refractivity contribution is 5.52. The molecule has 0 radical (unpaired) electrons. The number of nitro groups is 1. The fraction of sp³-hybridized carbons (Fsp3) is 0.273. The molecule has 0 aliphatic rings. The molecule has 0 unspecified atom stereocenters. The van der Waals surface area contributed by atoms with Gasteiger partial charge in [0.15, 0.2) is 5.69 Å². The Hall–Kier alpha value is -2.24. The van der Waals surface area contributed by atoms with E-state index in [-0.39, 0.29) is 5.69 Å². The van der Waals surface area contributed by atoms with Crippen LogP contribution in [0.25, 0.3) is 5.69 Å². The van der Waals surface area contributed by atoms with E-state index >= 15 is 0 Å². The first kappa shape index (κ1) is 12.8. The predicted octanol–water partition coefficient (Wildman–Crippen LogP) is 2.51. The molecule has 0 aliphatic carbocycles. The predicted molar refractivity (Wildman–Crippen MR) is 64.1 cm³/mol. The van der Waals surface area contributed by atoms with E-state index in [9.17, 15) is 10.1 Å². The Kier molecular flexibility index (Phi) is 4.33. The van der Waals surface area contributed by atoms with Crippen LogP contribution in [0.1, 0.15) is 19.4 Å². The summed E-state index contributed by atoms with van der Waals surface area (Å²) in [6.45, 7) is 5.86. The van der Waals surface area contributed by atoms with Crippen molar-refractivity contribution in [1.29, 1.82) is 0 Å². The maximum Gasteiger partial charge on any atom is 0.296 e. The number of benzene rings is 1. The van der Waals surface area contributed by atoms with Gasteiger partial charge < -0.3 is 0 Å². The fourth-order valence-corrected chi connectivity index (χ4v) is 1.29. The molecule has 2 rings (SSSR count). The Bertz CT molecular complexity index is 494. The van der Waals surface area contributed by atoms with Gasteiger partial charge >= 0.3 is 0 Å². The Morgan fingerprint density at radius 3 is 2.35 bits per heavy atom. The van der Waals surface area contributed by atoms with Gasteiger partial charge in [-0.3, -0.25) is 10.1 Å². The zero-order chi connectivity index (χ0) is 12.8. The van der Waals surface area contributed by atoms with Crippen molar-refractivity contribution in [3.8, 4) is 5.69 Å². The van der Waals surface area contributed by atoms with Crippen LogP contribution in [0.15, 0.2) is 30.6 Å². The average molecular weight is 234 g/mol. The van der Waals surface area contributed by atoms with E-state index < -0.39 is 4.92 Å². The summed E-state index contributed by atoms with van der Waals surface area (Å²) in [5.41, 5.74) is 1.30. The molecule has 1 heterocycles. The van der Waals surface area contributed by atoms with Crippen LogP contribution in [0.4, 0.5) is 5.69 Å². The number of nitro benzene ring substituents is 1. The van der Waals surface area contributed by atoms with Crippen molar-refractivity contribution in [1.82, 2.24) is 15.0 Å². The van der Waals surface area contributed by atoms with Gasteiger partial charge in [-0.15, -0.1) is 4.80 Å². The standard InChI is InChI=1S/C9H8N4O2.C2H6/c1-7-2-3-8(13(14)15)9(6-7)12-10-4-5-11-12;1-2/h2-6H,1H3;1-2H3. The molecule has 1 aromatic heterocycles. The average Bonchev–Trinajstić information content (AvgIpc) is 2.84. The van der Waals surface area contributed by atoms with Crippen molar-refractivity contribution in [2.24, 2.45) is 0 Å². The van der Waals surface area contributed by atoms with Gasteiger partial charge in [-0.2, -0.15) is 10.2 Å². The maximum absolute atomic E-state index is 10.8. The molecule has 2 aromatic rings. The Morgan fingerprint density at radius 1 is 1.24 bits per heavy atom. The van der Waals surface area contributed by atoms with E-state index in [1.54, 1.807) is 12.1 Å². The minimum atomic E-state index is -0.446. The monoisotopic (exact) mass is 234 g/mol. The second kappa shape index (κ2) is 5.74. The van der Waals surface area contributed by atoms with Crippen molar-refractivity contribution < 1.29 is 4.92 Å². The summed E-state index contributed by atoms with van der Waals surface area (Å²) in [5, 5.41) is 18.5. The zero-order valence-corrected chi connectivity index (χ0v) is 9.99. The summed E-state index contributed by atoms with van der Waals surface area (Å²) >= 11 is 0. The SMILES string of the molecule is CC.Cc1ccc([N+](=O)[O-])c(-n2nccn2)c1. The fourth-order valence-electron chi connectivity index (χ4n) is 1.29. The van der Waals surface area contributed by atoms with Crippen LogP contribution in [0.5, 0.6) is 0 Å². The van der Waals surface area contributed by atoms with Crippen LogP contribution in [0, 0.1) is 17.0 Å². The summed E-state index contributed by atoms with van der Waals surface area (Å²) in [6.07, 6.45) is 2.96. The van der Waals surface area contributed by atoms with Gasteiger partial charge in [0.05, 0.1) is 17.3 Å². The van der Waals surface area contributed by atoms with E-state index in [0.29, 0.717) is 5.69 Å². The number of aryl methyl sites for hydroxylation is 1. The van der Waals surface area contributed by atoms with Gasteiger partial charge in [0, 0.05) is 6.07 Å². The van der Waals surface area contributed by atoms with Crippen LogP contribution < -0.4 is 0 Å². The molecule has 0 saturated heterocycles. The van der Waals surface area contributed by atoms with Gasteiger partial charge in [-0.05, 0) is 18.6 Å². The summed E-state index contributed by atoms with van der Waals surface area (Å²) < 4.78 is 0. The van der Waals surface area contributed by atoms with E-state index in [1.165, 1.54) is 23.3 Å². The van der Waals surface area contributed by atoms with E-state index in [1.807, 2.05) is 20.8 Å². The van der Waals surface area contributed by atoms with Gasteiger partial charge in [0.2, 0.25) is 0 Å². The summed E-state index contributed by atoms with van der Waals surface area (Å²) in [6, 6.07) is 4.82. The molecule has 1 aromatic carbocycles. The first-order valence-corrected chi connectivity index (χ1v) is 5.30. The third-order valence-corrected chi connectivity index (χ3v) is 1.96. The molecule has 0 amide bonds. The minimum absolute atomic E-state index is 0.00296. The summed E-state index contributed by atoms with van der Waals surface area (Å²) in [7, 11) is 0. The minimum Gasteiger partial charge on any atom is -0.258 e. The van der Waals surface area contributed by atoms with Gasteiger partial charge in [0.25, 0.3) is 5.69 Å².